The Morgan fingerprint density at radius 1 is 1.22 bits per heavy atom. The van der Waals surface area contributed by atoms with Crippen LogP contribution >= 0.6 is 11.3 Å². The molecule has 1 unspecified atom stereocenters. The van der Waals surface area contributed by atoms with Crippen LogP contribution in [0.15, 0.2) is 12.4 Å². The zero-order valence-corrected chi connectivity index (χ0v) is 21.2. The molecule has 14 heteroatoms. The summed E-state index contributed by atoms with van der Waals surface area (Å²) in [4.78, 5) is 32.4. The number of hydrogen-bond acceptors (Lipinski definition) is 10. The third-order valence-corrected chi connectivity index (χ3v) is 7.03. The molecule has 0 N–H and O–H groups in total. The first kappa shape index (κ1) is 25.9. The van der Waals surface area contributed by atoms with Gasteiger partial charge in [-0.25, -0.2) is 24.6 Å². The number of aryl methyl sites for hydroxylation is 2. The van der Waals surface area contributed by atoms with Crippen molar-refractivity contribution in [1.29, 1.82) is 0 Å². The average molecular weight is 525 g/mol. The van der Waals surface area contributed by atoms with Gasteiger partial charge in [-0.05, 0) is 20.8 Å². The van der Waals surface area contributed by atoms with Crippen molar-refractivity contribution < 1.29 is 22.7 Å². The molecule has 0 radical (unpaired) electrons. The Morgan fingerprint density at radius 2 is 1.94 bits per heavy atom. The van der Waals surface area contributed by atoms with Crippen LogP contribution in [0.5, 0.6) is 6.01 Å². The SMILES string of the molecule is CCOc1ncc(-c2nc(C(F)(F)F)sc2N2CCN(C(C=O)n3nc(CC)nc3C)[C@H](C)C2)cn1. The predicted octanol–water partition coefficient (Wildman–Crippen LogP) is 3.39. The maximum absolute atomic E-state index is 13.6. The molecular formula is C22H27F3N8O2S. The van der Waals surface area contributed by atoms with Crippen LogP contribution in [0.1, 0.15) is 43.6 Å². The van der Waals surface area contributed by atoms with Crippen LogP contribution in [0.2, 0.25) is 0 Å². The molecule has 2 atom stereocenters. The number of aromatic nitrogens is 6. The molecule has 1 fully saturated rings. The Morgan fingerprint density at radius 3 is 2.50 bits per heavy atom. The van der Waals surface area contributed by atoms with Gasteiger partial charge in [0.1, 0.15) is 16.5 Å². The van der Waals surface area contributed by atoms with Crippen molar-refractivity contribution in [3.05, 3.63) is 29.1 Å². The Kier molecular flexibility index (Phi) is 7.54. The van der Waals surface area contributed by atoms with Gasteiger partial charge in [-0.3, -0.25) is 9.69 Å². The molecule has 4 rings (SSSR count). The topological polar surface area (TPSA) is 102 Å². The first-order chi connectivity index (χ1) is 17.2. The van der Waals surface area contributed by atoms with Crippen LogP contribution < -0.4 is 9.64 Å². The molecular weight excluding hydrogens is 497 g/mol. The molecule has 10 nitrogen and oxygen atoms in total. The highest BCUT2D eigenvalue weighted by molar-refractivity contribution is 7.16. The lowest BCUT2D eigenvalue weighted by molar-refractivity contribution is -0.137. The molecule has 3 aromatic rings. The zero-order chi connectivity index (χ0) is 26.0. The summed E-state index contributed by atoms with van der Waals surface area (Å²) < 4.78 is 47.6. The molecule has 0 amide bonds. The van der Waals surface area contributed by atoms with Gasteiger partial charge in [0.25, 0.3) is 0 Å². The van der Waals surface area contributed by atoms with Gasteiger partial charge in [-0.2, -0.15) is 18.3 Å². The van der Waals surface area contributed by atoms with Gasteiger partial charge in [-0.1, -0.05) is 18.3 Å². The minimum atomic E-state index is -4.58. The number of halogens is 3. The van der Waals surface area contributed by atoms with Crippen molar-refractivity contribution in [2.45, 2.75) is 52.5 Å². The summed E-state index contributed by atoms with van der Waals surface area (Å²) in [7, 11) is 0. The minimum absolute atomic E-state index is 0.144. The van der Waals surface area contributed by atoms with E-state index in [-0.39, 0.29) is 17.7 Å². The van der Waals surface area contributed by atoms with Crippen molar-refractivity contribution in [3.8, 4) is 17.3 Å². The van der Waals surface area contributed by atoms with Gasteiger partial charge >= 0.3 is 12.2 Å². The van der Waals surface area contributed by atoms with E-state index in [1.165, 1.54) is 12.4 Å². The molecule has 0 aliphatic carbocycles. The second-order valence-corrected chi connectivity index (χ2v) is 9.29. The maximum Gasteiger partial charge on any atom is 0.443 e. The van der Waals surface area contributed by atoms with Gasteiger partial charge in [0.15, 0.2) is 18.3 Å². The van der Waals surface area contributed by atoms with E-state index in [0.29, 0.717) is 66.2 Å². The number of ether oxygens (including phenoxy) is 1. The fourth-order valence-corrected chi connectivity index (χ4v) is 5.15. The molecule has 0 spiro atoms. The predicted molar refractivity (Wildman–Crippen MR) is 127 cm³/mol. The third kappa shape index (κ3) is 5.19. The molecule has 36 heavy (non-hydrogen) atoms. The van der Waals surface area contributed by atoms with E-state index in [2.05, 4.69) is 25.0 Å². The quantitative estimate of drug-likeness (QED) is 0.410. The fourth-order valence-electron chi connectivity index (χ4n) is 4.16. The van der Waals surface area contributed by atoms with Crippen LogP contribution in [0, 0.1) is 6.92 Å². The molecule has 3 aromatic heterocycles. The lowest BCUT2D eigenvalue weighted by Gasteiger charge is -2.42. The molecule has 0 bridgehead atoms. The summed E-state index contributed by atoms with van der Waals surface area (Å²) in [5, 5.41) is 3.90. The first-order valence-electron chi connectivity index (χ1n) is 11.6. The number of aldehydes is 1. The highest BCUT2D eigenvalue weighted by Gasteiger charge is 2.39. The standard InChI is InChI=1S/C22H27F3N8O2S/c1-5-16-28-14(4)33(30-16)17(12-34)32-8-7-31(11-13(32)3)19-18(29-20(36-19)22(23,24)25)15-9-26-21(27-10-15)35-6-2/h9-10,12-13,17H,5-8,11H2,1-4H3/t13-,17?/m1/s1. The highest BCUT2D eigenvalue weighted by Crippen LogP contribution is 2.43. The number of anilines is 1. The molecule has 0 aromatic carbocycles. The third-order valence-electron chi connectivity index (χ3n) is 5.87. The van der Waals surface area contributed by atoms with Crippen molar-refractivity contribution in [2.75, 3.05) is 31.1 Å². The Hall–Kier alpha value is -3.13. The van der Waals surface area contributed by atoms with E-state index in [1.807, 2.05) is 23.6 Å². The Balaban J connectivity index is 1.61. The number of piperazine rings is 1. The molecule has 1 aliphatic rings. The van der Waals surface area contributed by atoms with E-state index < -0.39 is 17.3 Å². The number of alkyl halides is 3. The number of carbonyl (C=O) groups excluding carboxylic acids is 1. The van der Waals surface area contributed by atoms with Gasteiger partial charge in [-0.15, -0.1) is 0 Å². The molecule has 1 saturated heterocycles. The summed E-state index contributed by atoms with van der Waals surface area (Å²) in [5.74, 6) is 1.28. The van der Waals surface area contributed by atoms with Crippen LogP contribution in [0.25, 0.3) is 11.3 Å². The zero-order valence-electron chi connectivity index (χ0n) is 20.4. The van der Waals surface area contributed by atoms with Crippen molar-refractivity contribution in [1.82, 2.24) is 34.6 Å². The lowest BCUT2D eigenvalue weighted by Crippen LogP contribution is -2.54. The smallest absolute Gasteiger partial charge is 0.443 e. The van der Waals surface area contributed by atoms with E-state index in [9.17, 15) is 18.0 Å². The number of hydrogen-bond donors (Lipinski definition) is 0. The van der Waals surface area contributed by atoms with Crippen LogP contribution in [0.3, 0.4) is 0 Å². The van der Waals surface area contributed by atoms with Crippen LogP contribution in [-0.2, 0) is 17.4 Å². The summed E-state index contributed by atoms with van der Waals surface area (Å²) in [6.07, 6.45) is -0.935. The van der Waals surface area contributed by atoms with Gasteiger partial charge in [0.2, 0.25) is 5.01 Å². The number of nitrogens with zero attached hydrogens (tertiary/aromatic N) is 8. The van der Waals surface area contributed by atoms with Gasteiger partial charge in [0, 0.05) is 50.1 Å². The number of rotatable bonds is 8. The second kappa shape index (κ2) is 10.5. The Labute approximate surface area is 210 Å². The van der Waals surface area contributed by atoms with E-state index in [0.717, 1.165) is 6.29 Å². The lowest BCUT2D eigenvalue weighted by atomic mass is 10.1. The van der Waals surface area contributed by atoms with Gasteiger partial charge < -0.3 is 9.64 Å². The monoisotopic (exact) mass is 524 g/mol. The van der Waals surface area contributed by atoms with Crippen LogP contribution in [0.4, 0.5) is 18.2 Å². The normalized spacial score (nSPS) is 17.9. The average Bonchev–Trinajstić information content (AvgIpc) is 3.46. The maximum atomic E-state index is 13.6. The van der Waals surface area contributed by atoms with E-state index >= 15 is 0 Å². The van der Waals surface area contributed by atoms with Crippen molar-refractivity contribution >= 4 is 22.6 Å². The first-order valence-corrected chi connectivity index (χ1v) is 12.4. The van der Waals surface area contributed by atoms with Crippen molar-refractivity contribution in [2.24, 2.45) is 0 Å². The fraction of sp³-hybridized carbons (Fsp3) is 0.545. The van der Waals surface area contributed by atoms with Crippen LogP contribution in [-0.4, -0.2) is 73.2 Å². The summed E-state index contributed by atoms with van der Waals surface area (Å²) in [5.41, 5.74) is 0.536. The Bertz CT molecular complexity index is 1200. The number of carbonyl (C=O) groups is 1. The minimum Gasteiger partial charge on any atom is -0.464 e. The largest absolute Gasteiger partial charge is 0.464 e. The number of thiazole rings is 1. The molecule has 194 valence electrons. The van der Waals surface area contributed by atoms with E-state index in [1.54, 1.807) is 18.5 Å². The van der Waals surface area contributed by atoms with Crippen molar-refractivity contribution in [3.63, 3.8) is 0 Å². The molecule has 1 aliphatic heterocycles. The highest BCUT2D eigenvalue weighted by atomic mass is 32.1. The molecule has 0 saturated carbocycles. The second-order valence-electron chi connectivity index (χ2n) is 8.31. The summed E-state index contributed by atoms with van der Waals surface area (Å²) >= 11 is 0.592. The summed E-state index contributed by atoms with van der Waals surface area (Å²) in [6, 6.07) is -0.0191. The van der Waals surface area contributed by atoms with Gasteiger partial charge in [0.05, 0.1) is 6.61 Å². The summed E-state index contributed by atoms with van der Waals surface area (Å²) in [6.45, 7) is 9.05. The molecule has 4 heterocycles. The van der Waals surface area contributed by atoms with E-state index in [4.69, 9.17) is 4.74 Å².